The van der Waals surface area contributed by atoms with Gasteiger partial charge in [-0.15, -0.1) is 0 Å². The SMILES string of the molecule is CCOC(=O)c1c(C)n(-c2ccc(I)cc2)c2ccc(OCC(N)=O)cc12. The van der Waals surface area contributed by atoms with Crippen molar-refractivity contribution in [1.29, 1.82) is 0 Å². The van der Waals surface area contributed by atoms with Gasteiger partial charge in [0.2, 0.25) is 0 Å². The highest BCUT2D eigenvalue weighted by Gasteiger charge is 2.22. The maximum atomic E-state index is 12.6. The average Bonchev–Trinajstić information content (AvgIpc) is 2.92. The number of benzene rings is 2. The maximum absolute atomic E-state index is 12.6. The van der Waals surface area contributed by atoms with E-state index >= 15 is 0 Å². The molecule has 0 atom stereocenters. The standard InChI is InChI=1S/C20H19IN2O4/c1-3-26-20(25)19-12(2)23(14-6-4-13(21)5-7-14)17-9-8-15(10-16(17)19)27-11-18(22)24/h4-10H,3,11H2,1-2H3,(H2,22,24). The second kappa shape index (κ2) is 7.99. The Kier molecular flexibility index (Phi) is 5.69. The average molecular weight is 478 g/mol. The van der Waals surface area contributed by atoms with Crippen molar-refractivity contribution in [1.82, 2.24) is 4.57 Å². The van der Waals surface area contributed by atoms with Crippen molar-refractivity contribution in [2.45, 2.75) is 13.8 Å². The Bertz CT molecular complexity index is 1010. The molecule has 0 fully saturated rings. The summed E-state index contributed by atoms with van der Waals surface area (Å²) in [6.45, 7) is 3.71. The number of rotatable bonds is 6. The number of nitrogens with zero attached hydrogens (tertiary/aromatic N) is 1. The molecule has 0 bridgehead atoms. The number of nitrogens with two attached hydrogens (primary N) is 1. The van der Waals surface area contributed by atoms with Crippen LogP contribution in [0.1, 0.15) is 23.0 Å². The van der Waals surface area contributed by atoms with Crippen molar-refractivity contribution >= 4 is 45.4 Å². The molecule has 2 N–H and O–H groups in total. The largest absolute Gasteiger partial charge is 0.484 e. The molecule has 0 saturated carbocycles. The number of aromatic nitrogens is 1. The zero-order chi connectivity index (χ0) is 19.6. The molecule has 27 heavy (non-hydrogen) atoms. The van der Waals surface area contributed by atoms with E-state index in [1.807, 2.05) is 41.8 Å². The number of primary amides is 1. The summed E-state index contributed by atoms with van der Waals surface area (Å²) in [6, 6.07) is 13.4. The summed E-state index contributed by atoms with van der Waals surface area (Å²) in [5.41, 5.74) is 8.19. The van der Waals surface area contributed by atoms with E-state index in [-0.39, 0.29) is 13.2 Å². The number of hydrogen-bond donors (Lipinski definition) is 1. The Morgan fingerprint density at radius 3 is 2.48 bits per heavy atom. The molecule has 3 aromatic rings. The lowest BCUT2D eigenvalue weighted by molar-refractivity contribution is -0.119. The van der Waals surface area contributed by atoms with Crippen LogP contribution in [0.4, 0.5) is 0 Å². The highest BCUT2D eigenvalue weighted by Crippen LogP contribution is 2.32. The molecule has 1 heterocycles. The molecule has 0 spiro atoms. The van der Waals surface area contributed by atoms with Gasteiger partial charge in [0.1, 0.15) is 5.75 Å². The van der Waals surface area contributed by atoms with Crippen molar-refractivity contribution in [2.75, 3.05) is 13.2 Å². The van der Waals surface area contributed by atoms with E-state index in [2.05, 4.69) is 22.6 Å². The van der Waals surface area contributed by atoms with Gasteiger partial charge in [-0.1, -0.05) is 0 Å². The van der Waals surface area contributed by atoms with Crippen LogP contribution >= 0.6 is 22.6 Å². The fourth-order valence-electron chi connectivity index (χ4n) is 3.03. The number of halogens is 1. The van der Waals surface area contributed by atoms with Crippen molar-refractivity contribution in [3.8, 4) is 11.4 Å². The Hall–Kier alpha value is -2.55. The molecule has 0 saturated heterocycles. The highest BCUT2D eigenvalue weighted by molar-refractivity contribution is 14.1. The van der Waals surface area contributed by atoms with Crippen LogP contribution in [0.25, 0.3) is 16.6 Å². The monoisotopic (exact) mass is 478 g/mol. The molecule has 0 aliphatic rings. The lowest BCUT2D eigenvalue weighted by Gasteiger charge is -2.09. The second-order valence-corrected chi connectivity index (χ2v) is 7.17. The van der Waals surface area contributed by atoms with Crippen LogP contribution in [0.5, 0.6) is 5.75 Å². The number of fused-ring (bicyclic) bond motifs is 1. The van der Waals surface area contributed by atoms with Gasteiger partial charge in [-0.3, -0.25) is 4.79 Å². The van der Waals surface area contributed by atoms with Gasteiger partial charge < -0.3 is 19.8 Å². The molecule has 0 aliphatic carbocycles. The van der Waals surface area contributed by atoms with Crippen LogP contribution in [0.3, 0.4) is 0 Å². The summed E-state index contributed by atoms with van der Waals surface area (Å²) >= 11 is 2.25. The van der Waals surface area contributed by atoms with Crippen molar-refractivity contribution < 1.29 is 19.1 Å². The van der Waals surface area contributed by atoms with E-state index in [0.717, 1.165) is 20.5 Å². The van der Waals surface area contributed by atoms with E-state index in [4.69, 9.17) is 15.2 Å². The van der Waals surface area contributed by atoms with E-state index < -0.39 is 11.9 Å². The first kappa shape index (κ1) is 19.2. The molecule has 3 rings (SSSR count). The van der Waals surface area contributed by atoms with E-state index in [0.29, 0.717) is 16.7 Å². The molecule has 7 heteroatoms. The number of carbonyl (C=O) groups excluding carboxylic acids is 2. The molecule has 1 aromatic heterocycles. The molecule has 0 aliphatic heterocycles. The third-order valence-electron chi connectivity index (χ3n) is 4.12. The topological polar surface area (TPSA) is 83.6 Å². The van der Waals surface area contributed by atoms with E-state index in [1.165, 1.54) is 0 Å². The minimum absolute atomic E-state index is 0.225. The number of hydrogen-bond acceptors (Lipinski definition) is 4. The Morgan fingerprint density at radius 2 is 1.85 bits per heavy atom. The summed E-state index contributed by atoms with van der Waals surface area (Å²) in [5.74, 6) is -0.490. The highest BCUT2D eigenvalue weighted by atomic mass is 127. The van der Waals surface area contributed by atoms with Gasteiger partial charge in [0.15, 0.2) is 6.61 Å². The van der Waals surface area contributed by atoms with Crippen LogP contribution in [0.2, 0.25) is 0 Å². The zero-order valence-electron chi connectivity index (χ0n) is 15.0. The van der Waals surface area contributed by atoms with Crippen LogP contribution in [-0.4, -0.2) is 29.7 Å². The maximum Gasteiger partial charge on any atom is 0.340 e. The van der Waals surface area contributed by atoms with Gasteiger partial charge in [-0.25, -0.2) is 4.79 Å². The van der Waals surface area contributed by atoms with Gasteiger partial charge in [-0.05, 0) is 78.9 Å². The number of ether oxygens (including phenoxy) is 2. The third-order valence-corrected chi connectivity index (χ3v) is 4.84. The quantitative estimate of drug-likeness (QED) is 0.434. The third kappa shape index (κ3) is 3.92. The summed E-state index contributed by atoms with van der Waals surface area (Å²) in [5, 5.41) is 0.700. The van der Waals surface area contributed by atoms with Crippen molar-refractivity contribution in [3.63, 3.8) is 0 Å². The molecular formula is C20H19IN2O4. The van der Waals surface area contributed by atoms with Gasteiger partial charge in [0.25, 0.3) is 5.91 Å². The molecular weight excluding hydrogens is 459 g/mol. The molecule has 6 nitrogen and oxygen atoms in total. The number of carbonyl (C=O) groups is 2. The minimum Gasteiger partial charge on any atom is -0.484 e. The lowest BCUT2D eigenvalue weighted by atomic mass is 10.1. The summed E-state index contributed by atoms with van der Waals surface area (Å²) in [4.78, 5) is 23.6. The van der Waals surface area contributed by atoms with Gasteiger partial charge >= 0.3 is 5.97 Å². The number of amides is 1. The second-order valence-electron chi connectivity index (χ2n) is 5.93. The molecule has 0 radical (unpaired) electrons. The predicted octanol–water partition coefficient (Wildman–Crippen LogP) is 3.58. The molecule has 0 unspecified atom stereocenters. The van der Waals surface area contributed by atoms with Gasteiger partial charge in [0, 0.05) is 20.3 Å². The van der Waals surface area contributed by atoms with Crippen LogP contribution < -0.4 is 10.5 Å². The van der Waals surface area contributed by atoms with Crippen molar-refractivity contribution in [3.05, 3.63) is 57.3 Å². The van der Waals surface area contributed by atoms with Crippen LogP contribution in [-0.2, 0) is 9.53 Å². The predicted molar refractivity (Wildman–Crippen MR) is 111 cm³/mol. The zero-order valence-corrected chi connectivity index (χ0v) is 17.1. The van der Waals surface area contributed by atoms with Gasteiger partial charge in [-0.2, -0.15) is 0 Å². The van der Waals surface area contributed by atoms with Crippen LogP contribution in [0, 0.1) is 10.5 Å². The molecule has 140 valence electrons. The normalized spacial score (nSPS) is 10.8. The molecule has 2 aromatic carbocycles. The Balaban J connectivity index is 2.20. The lowest BCUT2D eigenvalue weighted by Crippen LogP contribution is -2.19. The smallest absolute Gasteiger partial charge is 0.340 e. The first-order chi connectivity index (χ1) is 12.9. The first-order valence-electron chi connectivity index (χ1n) is 8.41. The first-order valence-corrected chi connectivity index (χ1v) is 9.49. The summed E-state index contributed by atoms with van der Waals surface area (Å²) in [7, 11) is 0. The van der Waals surface area contributed by atoms with Crippen molar-refractivity contribution in [2.24, 2.45) is 5.73 Å². The van der Waals surface area contributed by atoms with E-state index in [9.17, 15) is 9.59 Å². The minimum atomic E-state index is -0.562. The Morgan fingerprint density at radius 1 is 1.15 bits per heavy atom. The number of esters is 1. The summed E-state index contributed by atoms with van der Waals surface area (Å²) < 4.78 is 13.8. The van der Waals surface area contributed by atoms with E-state index in [1.54, 1.807) is 19.1 Å². The summed E-state index contributed by atoms with van der Waals surface area (Å²) in [6.07, 6.45) is 0. The van der Waals surface area contributed by atoms with Crippen LogP contribution in [0.15, 0.2) is 42.5 Å². The fourth-order valence-corrected chi connectivity index (χ4v) is 3.39. The molecule has 1 amide bonds. The van der Waals surface area contributed by atoms with Gasteiger partial charge in [0.05, 0.1) is 17.7 Å². The fraction of sp³-hybridized carbons (Fsp3) is 0.200. The Labute approximate surface area is 170 Å².